The van der Waals surface area contributed by atoms with Gasteiger partial charge in [0.1, 0.15) is 0 Å². The predicted octanol–water partition coefficient (Wildman–Crippen LogP) is 3.45. The molecular weight excluding hydrogens is 158 g/mol. The van der Waals surface area contributed by atoms with Crippen LogP contribution in [0.25, 0.3) is 0 Å². The third kappa shape index (κ3) is 8.29. The highest BCUT2D eigenvalue weighted by Crippen LogP contribution is 2.16. The molecule has 0 aromatic rings. The van der Waals surface area contributed by atoms with E-state index in [2.05, 4.69) is 33.1 Å². The second kappa shape index (κ2) is 8.55. The Morgan fingerprint density at radius 1 is 1.08 bits per heavy atom. The number of nitrogens with one attached hydrogen (secondary N) is 1. The van der Waals surface area contributed by atoms with E-state index in [0.29, 0.717) is 0 Å². The van der Waals surface area contributed by atoms with Crippen molar-refractivity contribution < 1.29 is 0 Å². The van der Waals surface area contributed by atoms with Crippen LogP contribution in [0.4, 0.5) is 0 Å². The summed E-state index contributed by atoms with van der Waals surface area (Å²) in [6.45, 7) is 8.11. The van der Waals surface area contributed by atoms with E-state index >= 15 is 0 Å². The largest absolute Gasteiger partial charge is 0.319 e. The zero-order valence-corrected chi connectivity index (χ0v) is 9.90. The van der Waals surface area contributed by atoms with Gasteiger partial charge < -0.3 is 5.32 Å². The van der Waals surface area contributed by atoms with Gasteiger partial charge in [0.05, 0.1) is 0 Å². The highest BCUT2D eigenvalue weighted by Gasteiger charge is 2.06. The highest BCUT2D eigenvalue weighted by molar-refractivity contribution is 4.61. The summed E-state index contributed by atoms with van der Waals surface area (Å²) in [6, 6.07) is 0. The maximum atomic E-state index is 3.29. The van der Waals surface area contributed by atoms with Crippen LogP contribution in [0.3, 0.4) is 0 Å². The fourth-order valence-corrected chi connectivity index (χ4v) is 1.86. The van der Waals surface area contributed by atoms with Crippen molar-refractivity contribution in [2.75, 3.05) is 13.6 Å². The first kappa shape index (κ1) is 13.0. The van der Waals surface area contributed by atoms with Crippen LogP contribution in [-0.2, 0) is 0 Å². The average molecular weight is 185 g/mol. The molecule has 0 spiro atoms. The summed E-state index contributed by atoms with van der Waals surface area (Å²) >= 11 is 0. The second-order valence-corrected chi connectivity index (χ2v) is 4.54. The van der Waals surface area contributed by atoms with Crippen molar-refractivity contribution in [1.29, 1.82) is 0 Å². The normalized spacial score (nSPS) is 13.6. The first-order valence-corrected chi connectivity index (χ1v) is 5.85. The average Bonchev–Trinajstić information content (AvgIpc) is 2.04. The van der Waals surface area contributed by atoms with Crippen molar-refractivity contribution in [2.45, 2.75) is 52.9 Å². The predicted molar refractivity (Wildman–Crippen MR) is 61.0 cm³/mol. The molecule has 0 aliphatic heterocycles. The Hall–Kier alpha value is -0.0400. The molecule has 1 heteroatoms. The lowest BCUT2D eigenvalue weighted by molar-refractivity contribution is 0.395. The molecule has 0 radical (unpaired) electrons. The minimum absolute atomic E-state index is 0.872. The van der Waals surface area contributed by atoms with Gasteiger partial charge in [-0.25, -0.2) is 0 Å². The molecule has 1 atom stereocenters. The van der Waals surface area contributed by atoms with E-state index in [1.807, 2.05) is 0 Å². The number of rotatable bonds is 8. The van der Waals surface area contributed by atoms with Gasteiger partial charge in [0.25, 0.3) is 0 Å². The maximum absolute atomic E-state index is 3.29. The van der Waals surface area contributed by atoms with Crippen molar-refractivity contribution in [3.63, 3.8) is 0 Å². The van der Waals surface area contributed by atoms with Crippen molar-refractivity contribution >= 4 is 0 Å². The Labute approximate surface area is 84.3 Å². The van der Waals surface area contributed by atoms with E-state index in [1.54, 1.807) is 0 Å². The van der Waals surface area contributed by atoms with E-state index < -0.39 is 0 Å². The molecule has 1 N–H and O–H groups in total. The Bertz CT molecular complexity index is 93.3. The van der Waals surface area contributed by atoms with Crippen molar-refractivity contribution in [3.8, 4) is 0 Å². The smallest absolute Gasteiger partial charge is 0.00235 e. The van der Waals surface area contributed by atoms with Crippen LogP contribution in [-0.4, -0.2) is 13.6 Å². The van der Waals surface area contributed by atoms with Crippen molar-refractivity contribution in [2.24, 2.45) is 11.8 Å². The minimum Gasteiger partial charge on any atom is -0.319 e. The van der Waals surface area contributed by atoms with Crippen molar-refractivity contribution in [3.05, 3.63) is 0 Å². The van der Waals surface area contributed by atoms with Crippen LogP contribution in [0, 0.1) is 11.8 Å². The van der Waals surface area contributed by atoms with Gasteiger partial charge in [-0.3, -0.25) is 0 Å². The monoisotopic (exact) mass is 185 g/mol. The summed E-state index contributed by atoms with van der Waals surface area (Å²) in [6.07, 6.45) is 6.92. The summed E-state index contributed by atoms with van der Waals surface area (Å²) in [5.41, 5.74) is 0. The van der Waals surface area contributed by atoms with Gasteiger partial charge >= 0.3 is 0 Å². The summed E-state index contributed by atoms with van der Waals surface area (Å²) in [4.78, 5) is 0. The van der Waals surface area contributed by atoms with E-state index in [9.17, 15) is 0 Å². The fraction of sp³-hybridized carbons (Fsp3) is 1.00. The van der Waals surface area contributed by atoms with Crippen LogP contribution in [0.1, 0.15) is 52.9 Å². The third-order valence-electron chi connectivity index (χ3n) is 2.58. The minimum atomic E-state index is 0.872. The summed E-state index contributed by atoms with van der Waals surface area (Å²) in [5, 5.41) is 3.29. The molecule has 0 bridgehead atoms. The molecule has 80 valence electrons. The Kier molecular flexibility index (Phi) is 8.53. The quantitative estimate of drug-likeness (QED) is 0.611. The fourth-order valence-electron chi connectivity index (χ4n) is 1.86. The van der Waals surface area contributed by atoms with Gasteiger partial charge in [-0.1, -0.05) is 40.0 Å². The molecule has 1 nitrogen and oxygen atoms in total. The number of hydrogen-bond donors (Lipinski definition) is 1. The van der Waals surface area contributed by atoms with Crippen LogP contribution in [0.15, 0.2) is 0 Å². The first-order valence-electron chi connectivity index (χ1n) is 5.85. The number of hydrogen-bond acceptors (Lipinski definition) is 1. The lowest BCUT2D eigenvalue weighted by Crippen LogP contribution is -2.18. The third-order valence-corrected chi connectivity index (χ3v) is 2.58. The van der Waals surface area contributed by atoms with Gasteiger partial charge in [-0.05, 0) is 38.3 Å². The lowest BCUT2D eigenvalue weighted by Gasteiger charge is -2.15. The highest BCUT2D eigenvalue weighted by atomic mass is 14.8. The zero-order valence-electron chi connectivity index (χ0n) is 9.90. The molecule has 0 rings (SSSR count). The van der Waals surface area contributed by atoms with Gasteiger partial charge in [0, 0.05) is 0 Å². The zero-order chi connectivity index (χ0) is 10.1. The molecule has 0 unspecified atom stereocenters. The molecule has 0 aromatic carbocycles. The molecule has 0 aliphatic carbocycles. The molecule has 0 aliphatic rings. The van der Waals surface area contributed by atoms with E-state index in [1.165, 1.54) is 38.6 Å². The molecule has 0 amide bonds. The standard InChI is InChI=1S/C12H27N/c1-5-7-12(10-13-4)9-6-8-11(2)3/h11-13H,5-10H2,1-4H3/t12-/m1/s1. The summed E-state index contributed by atoms with van der Waals surface area (Å²) in [5.74, 6) is 1.78. The Balaban J connectivity index is 3.44. The summed E-state index contributed by atoms with van der Waals surface area (Å²) < 4.78 is 0. The molecular formula is C12H27N. The molecule has 0 saturated heterocycles. The van der Waals surface area contributed by atoms with Crippen LogP contribution < -0.4 is 5.32 Å². The van der Waals surface area contributed by atoms with Crippen LogP contribution in [0.2, 0.25) is 0 Å². The maximum Gasteiger partial charge on any atom is -0.00235 e. The molecule has 0 heterocycles. The molecule has 0 fully saturated rings. The van der Waals surface area contributed by atoms with Gasteiger partial charge in [0.2, 0.25) is 0 Å². The molecule has 0 saturated carbocycles. The van der Waals surface area contributed by atoms with E-state index in [-0.39, 0.29) is 0 Å². The van der Waals surface area contributed by atoms with E-state index in [0.717, 1.165) is 11.8 Å². The van der Waals surface area contributed by atoms with Gasteiger partial charge in [-0.15, -0.1) is 0 Å². The Morgan fingerprint density at radius 2 is 1.77 bits per heavy atom. The first-order chi connectivity index (χ1) is 6.20. The van der Waals surface area contributed by atoms with Gasteiger partial charge in [0.15, 0.2) is 0 Å². The van der Waals surface area contributed by atoms with Crippen LogP contribution in [0.5, 0.6) is 0 Å². The van der Waals surface area contributed by atoms with Crippen molar-refractivity contribution in [1.82, 2.24) is 5.32 Å². The lowest BCUT2D eigenvalue weighted by atomic mass is 9.95. The molecule has 13 heavy (non-hydrogen) atoms. The second-order valence-electron chi connectivity index (χ2n) is 4.54. The SMILES string of the molecule is CCC[C@H](CCCC(C)C)CNC. The topological polar surface area (TPSA) is 12.0 Å². The Morgan fingerprint density at radius 3 is 2.23 bits per heavy atom. The molecule has 0 aromatic heterocycles. The van der Waals surface area contributed by atoms with E-state index in [4.69, 9.17) is 0 Å². The van der Waals surface area contributed by atoms with Crippen LogP contribution >= 0.6 is 0 Å². The summed E-state index contributed by atoms with van der Waals surface area (Å²) in [7, 11) is 2.06. The van der Waals surface area contributed by atoms with Gasteiger partial charge in [-0.2, -0.15) is 0 Å².